The zero-order valence-corrected chi connectivity index (χ0v) is 7.90. The van der Waals surface area contributed by atoms with Crippen LogP contribution in [0.1, 0.15) is 27.2 Å². The van der Waals surface area contributed by atoms with E-state index in [0.29, 0.717) is 0 Å². The molecule has 0 aliphatic rings. The normalized spacial score (nSPS) is 13.8. The molecule has 0 amide bonds. The second-order valence-corrected chi connectivity index (χ2v) is 3.43. The summed E-state index contributed by atoms with van der Waals surface area (Å²) in [5.74, 6) is -2.11. The van der Waals surface area contributed by atoms with Gasteiger partial charge in [-0.25, -0.2) is 4.79 Å². The van der Waals surface area contributed by atoms with E-state index >= 15 is 0 Å². The van der Waals surface area contributed by atoms with E-state index in [1.807, 2.05) is 0 Å². The molecule has 2 N–H and O–H groups in total. The van der Waals surface area contributed by atoms with Gasteiger partial charge in [-0.3, -0.25) is 4.79 Å². The summed E-state index contributed by atoms with van der Waals surface area (Å²) in [6.45, 7) is 4.45. The monoisotopic (exact) mass is 190 g/mol. The Bertz CT molecular complexity index is 209. The van der Waals surface area contributed by atoms with Crippen LogP contribution in [0.4, 0.5) is 0 Å². The fourth-order valence-corrected chi connectivity index (χ4v) is 0.935. The molecule has 0 heterocycles. The Kier molecular flexibility index (Phi) is 3.87. The lowest BCUT2D eigenvalue weighted by atomic mass is 10.1. The Morgan fingerprint density at radius 2 is 1.85 bits per heavy atom. The summed E-state index contributed by atoms with van der Waals surface area (Å²) in [6, 6.07) is 0. The van der Waals surface area contributed by atoms with Crippen molar-refractivity contribution in [3.05, 3.63) is 0 Å². The lowest BCUT2D eigenvalue weighted by molar-refractivity contribution is -0.164. The number of carboxylic acid groups (broad SMARTS) is 2. The van der Waals surface area contributed by atoms with Gasteiger partial charge in [0.05, 0.1) is 12.0 Å². The fraction of sp³-hybridized carbons (Fsp3) is 0.750. The highest BCUT2D eigenvalue weighted by Crippen LogP contribution is 2.16. The Hall–Kier alpha value is -1.10. The van der Waals surface area contributed by atoms with Crippen molar-refractivity contribution in [3.63, 3.8) is 0 Å². The van der Waals surface area contributed by atoms with E-state index in [4.69, 9.17) is 14.9 Å². The van der Waals surface area contributed by atoms with Crippen LogP contribution in [-0.4, -0.2) is 33.9 Å². The molecule has 0 fully saturated rings. The molecule has 0 spiro atoms. The Morgan fingerprint density at radius 3 is 2.15 bits per heavy atom. The highest BCUT2D eigenvalue weighted by molar-refractivity contribution is 5.72. The first kappa shape index (κ1) is 11.9. The van der Waals surface area contributed by atoms with Crippen LogP contribution in [0.15, 0.2) is 0 Å². The quantitative estimate of drug-likeness (QED) is 0.667. The molecule has 1 unspecified atom stereocenters. The van der Waals surface area contributed by atoms with Gasteiger partial charge in [-0.1, -0.05) is 0 Å². The number of carboxylic acids is 2. The average molecular weight is 190 g/mol. The number of hydrogen-bond donors (Lipinski definition) is 2. The third kappa shape index (κ3) is 5.19. The first-order chi connectivity index (χ1) is 5.74. The van der Waals surface area contributed by atoms with Crippen LogP contribution in [-0.2, 0) is 14.3 Å². The maximum Gasteiger partial charge on any atom is 0.332 e. The highest BCUT2D eigenvalue weighted by atomic mass is 16.5. The number of carbonyl (C=O) groups is 2. The van der Waals surface area contributed by atoms with Crippen LogP contribution in [0, 0.1) is 0 Å². The van der Waals surface area contributed by atoms with Crippen LogP contribution in [0.3, 0.4) is 0 Å². The third-order valence-corrected chi connectivity index (χ3v) is 1.42. The molecule has 13 heavy (non-hydrogen) atoms. The number of aliphatic carboxylic acids is 2. The third-order valence-electron chi connectivity index (χ3n) is 1.42. The molecule has 0 saturated carbocycles. The first-order valence-electron chi connectivity index (χ1n) is 3.87. The van der Waals surface area contributed by atoms with E-state index in [1.54, 1.807) is 13.8 Å². The molecule has 0 saturated heterocycles. The Labute approximate surface area is 76.3 Å². The SMILES string of the molecule is CC(OC(C)(C)CC(=O)O)C(=O)O. The van der Waals surface area contributed by atoms with Crippen molar-refractivity contribution in [2.75, 3.05) is 0 Å². The van der Waals surface area contributed by atoms with Gasteiger partial charge in [0.1, 0.15) is 0 Å². The van der Waals surface area contributed by atoms with Gasteiger partial charge in [-0.2, -0.15) is 0 Å². The second kappa shape index (κ2) is 4.23. The van der Waals surface area contributed by atoms with Gasteiger partial charge in [0.25, 0.3) is 0 Å². The van der Waals surface area contributed by atoms with Gasteiger partial charge in [0.2, 0.25) is 0 Å². The predicted molar refractivity (Wildman–Crippen MR) is 44.5 cm³/mol. The number of ether oxygens (including phenoxy) is 1. The number of rotatable bonds is 5. The largest absolute Gasteiger partial charge is 0.481 e. The van der Waals surface area contributed by atoms with Crippen LogP contribution in [0.5, 0.6) is 0 Å². The zero-order chi connectivity index (χ0) is 10.6. The van der Waals surface area contributed by atoms with Crippen molar-refractivity contribution >= 4 is 11.9 Å². The molecule has 0 aromatic carbocycles. The zero-order valence-electron chi connectivity index (χ0n) is 7.90. The summed E-state index contributed by atoms with van der Waals surface area (Å²) >= 11 is 0. The summed E-state index contributed by atoms with van der Waals surface area (Å²) in [5.41, 5.74) is -0.955. The van der Waals surface area contributed by atoms with Crippen LogP contribution < -0.4 is 0 Å². The van der Waals surface area contributed by atoms with Gasteiger partial charge in [-0.05, 0) is 20.8 Å². The van der Waals surface area contributed by atoms with Crippen molar-refractivity contribution in [2.24, 2.45) is 0 Å². The van der Waals surface area contributed by atoms with Gasteiger partial charge >= 0.3 is 11.9 Å². The minimum atomic E-state index is -1.10. The highest BCUT2D eigenvalue weighted by Gasteiger charge is 2.27. The Balaban J connectivity index is 4.16. The second-order valence-electron chi connectivity index (χ2n) is 3.43. The molecule has 1 atom stereocenters. The molecule has 76 valence electrons. The van der Waals surface area contributed by atoms with Crippen molar-refractivity contribution in [3.8, 4) is 0 Å². The van der Waals surface area contributed by atoms with Gasteiger partial charge in [-0.15, -0.1) is 0 Å². The fourth-order valence-electron chi connectivity index (χ4n) is 0.935. The van der Waals surface area contributed by atoms with Crippen molar-refractivity contribution in [2.45, 2.75) is 38.9 Å². The average Bonchev–Trinajstić information content (AvgIpc) is 1.81. The van der Waals surface area contributed by atoms with E-state index in [-0.39, 0.29) is 6.42 Å². The summed E-state index contributed by atoms with van der Waals surface area (Å²) in [4.78, 5) is 20.7. The van der Waals surface area contributed by atoms with E-state index in [1.165, 1.54) is 6.92 Å². The van der Waals surface area contributed by atoms with Crippen molar-refractivity contribution in [1.82, 2.24) is 0 Å². The van der Waals surface area contributed by atoms with Crippen LogP contribution in [0.25, 0.3) is 0 Å². The van der Waals surface area contributed by atoms with E-state index in [0.717, 1.165) is 0 Å². The molecule has 0 aromatic rings. The smallest absolute Gasteiger partial charge is 0.332 e. The molecule has 0 radical (unpaired) electrons. The maximum atomic E-state index is 10.4. The first-order valence-corrected chi connectivity index (χ1v) is 3.87. The lowest BCUT2D eigenvalue weighted by Crippen LogP contribution is -2.35. The topological polar surface area (TPSA) is 83.8 Å². The minimum absolute atomic E-state index is 0.218. The van der Waals surface area contributed by atoms with Crippen LogP contribution >= 0.6 is 0 Å². The molecule has 0 bridgehead atoms. The molecule has 5 nitrogen and oxygen atoms in total. The molecule has 0 aliphatic carbocycles. The summed E-state index contributed by atoms with van der Waals surface area (Å²) in [6.07, 6.45) is -1.21. The molecule has 0 aromatic heterocycles. The van der Waals surface area contributed by atoms with Gasteiger partial charge < -0.3 is 14.9 Å². The van der Waals surface area contributed by atoms with Crippen LogP contribution in [0.2, 0.25) is 0 Å². The van der Waals surface area contributed by atoms with Crippen molar-refractivity contribution in [1.29, 1.82) is 0 Å². The van der Waals surface area contributed by atoms with Gasteiger partial charge in [0, 0.05) is 0 Å². The van der Waals surface area contributed by atoms with Gasteiger partial charge in [0.15, 0.2) is 6.10 Å². The molecule has 5 heteroatoms. The number of hydrogen-bond acceptors (Lipinski definition) is 3. The molecule has 0 aliphatic heterocycles. The summed E-state index contributed by atoms with van der Waals surface area (Å²) < 4.78 is 5.03. The van der Waals surface area contributed by atoms with Crippen molar-refractivity contribution < 1.29 is 24.5 Å². The minimum Gasteiger partial charge on any atom is -0.481 e. The molecular formula is C8H14O5. The molecular weight excluding hydrogens is 176 g/mol. The molecule has 0 rings (SSSR count). The maximum absolute atomic E-state index is 10.4. The Morgan fingerprint density at radius 1 is 1.38 bits per heavy atom. The van der Waals surface area contributed by atoms with E-state index in [2.05, 4.69) is 0 Å². The summed E-state index contributed by atoms with van der Waals surface area (Å²) in [7, 11) is 0. The van der Waals surface area contributed by atoms with E-state index in [9.17, 15) is 9.59 Å². The lowest BCUT2D eigenvalue weighted by Gasteiger charge is -2.25. The van der Waals surface area contributed by atoms with E-state index < -0.39 is 23.6 Å². The summed E-state index contributed by atoms with van der Waals surface area (Å²) in [5, 5.41) is 17.0. The predicted octanol–water partition coefficient (Wildman–Crippen LogP) is 0.729. The standard InChI is InChI=1S/C8H14O5/c1-5(7(11)12)13-8(2,3)4-6(9)10/h5H,4H2,1-3H3,(H,9,10)(H,11,12).